The van der Waals surface area contributed by atoms with E-state index in [4.69, 9.17) is 0 Å². The van der Waals surface area contributed by atoms with Crippen LogP contribution in [-0.4, -0.2) is 37.8 Å². The van der Waals surface area contributed by atoms with Gasteiger partial charge in [0, 0.05) is 28.1 Å². The standard InChI is InChI=1S/C23H20N4O4S/c1-11-20(28)27(22(31)23(11,3)4)10-14-8-17-19(32-14)15(5-6-25-17)16-7-13(9-24)26-12(2)18(16)21(29)30/h5-8,11H,10H2,1-4H3,(H,29,30). The van der Waals surface area contributed by atoms with Gasteiger partial charge in [0.1, 0.15) is 11.8 Å². The summed E-state index contributed by atoms with van der Waals surface area (Å²) >= 11 is 1.35. The highest BCUT2D eigenvalue weighted by molar-refractivity contribution is 7.19. The van der Waals surface area contributed by atoms with Crippen LogP contribution in [0.5, 0.6) is 0 Å². The monoisotopic (exact) mass is 448 g/mol. The third-order valence-corrected chi connectivity index (χ3v) is 7.25. The zero-order valence-electron chi connectivity index (χ0n) is 18.0. The smallest absolute Gasteiger partial charge is 0.338 e. The number of carbonyl (C=O) groups is 3. The zero-order valence-corrected chi connectivity index (χ0v) is 18.8. The molecule has 4 rings (SSSR count). The van der Waals surface area contributed by atoms with E-state index < -0.39 is 17.3 Å². The Bertz CT molecular complexity index is 1350. The van der Waals surface area contributed by atoms with Gasteiger partial charge in [0.15, 0.2) is 0 Å². The van der Waals surface area contributed by atoms with E-state index >= 15 is 0 Å². The summed E-state index contributed by atoms with van der Waals surface area (Å²) in [6, 6.07) is 6.93. The number of thiophene rings is 1. The number of aryl methyl sites for hydroxylation is 1. The molecule has 1 N–H and O–H groups in total. The molecule has 1 unspecified atom stereocenters. The second-order valence-corrected chi connectivity index (χ2v) is 9.53. The van der Waals surface area contributed by atoms with Crippen molar-refractivity contribution in [3.63, 3.8) is 0 Å². The minimum atomic E-state index is -1.14. The summed E-state index contributed by atoms with van der Waals surface area (Å²) in [5.74, 6) is -1.96. The molecule has 3 aromatic rings. The number of hydrogen-bond acceptors (Lipinski definition) is 7. The van der Waals surface area contributed by atoms with Crippen molar-refractivity contribution in [1.29, 1.82) is 5.26 Å². The highest BCUT2D eigenvalue weighted by Crippen LogP contribution is 2.40. The van der Waals surface area contributed by atoms with Crippen LogP contribution in [0.1, 0.15) is 47.4 Å². The van der Waals surface area contributed by atoms with Crippen LogP contribution in [0.25, 0.3) is 21.3 Å². The number of aromatic nitrogens is 2. The van der Waals surface area contributed by atoms with Crippen molar-refractivity contribution in [2.45, 2.75) is 34.2 Å². The maximum atomic E-state index is 12.8. The lowest BCUT2D eigenvalue weighted by Crippen LogP contribution is -2.32. The number of aromatic carboxylic acids is 1. The Morgan fingerprint density at radius 2 is 2.03 bits per heavy atom. The molecular formula is C23H20N4O4S. The number of imide groups is 1. The Balaban J connectivity index is 1.83. The van der Waals surface area contributed by atoms with Crippen molar-refractivity contribution in [2.24, 2.45) is 11.3 Å². The molecule has 3 aromatic heterocycles. The quantitative estimate of drug-likeness (QED) is 0.602. The van der Waals surface area contributed by atoms with E-state index in [1.807, 2.05) is 6.07 Å². The Morgan fingerprint density at radius 3 is 2.62 bits per heavy atom. The molecule has 32 heavy (non-hydrogen) atoms. The normalized spacial score (nSPS) is 17.7. The van der Waals surface area contributed by atoms with Gasteiger partial charge in [-0.25, -0.2) is 9.78 Å². The molecule has 0 aromatic carbocycles. The molecule has 0 aliphatic carbocycles. The third kappa shape index (κ3) is 3.24. The maximum absolute atomic E-state index is 12.8. The topological polar surface area (TPSA) is 124 Å². The molecule has 9 heteroatoms. The first-order valence-electron chi connectivity index (χ1n) is 9.95. The number of amides is 2. The molecule has 0 radical (unpaired) electrons. The lowest BCUT2D eigenvalue weighted by atomic mass is 9.82. The van der Waals surface area contributed by atoms with Crippen molar-refractivity contribution in [3.05, 3.63) is 46.2 Å². The number of carboxylic acids is 1. The largest absolute Gasteiger partial charge is 0.478 e. The summed E-state index contributed by atoms with van der Waals surface area (Å²) < 4.78 is 0.714. The lowest BCUT2D eigenvalue weighted by molar-refractivity contribution is -0.141. The Morgan fingerprint density at radius 1 is 1.31 bits per heavy atom. The Labute approximate surface area is 188 Å². The Hall–Kier alpha value is -3.64. The van der Waals surface area contributed by atoms with Gasteiger partial charge in [0.2, 0.25) is 11.8 Å². The number of hydrogen-bond donors (Lipinski definition) is 1. The molecule has 4 heterocycles. The molecule has 1 aliphatic heterocycles. The fraction of sp³-hybridized carbons (Fsp3) is 0.304. The molecule has 1 fully saturated rings. The fourth-order valence-electron chi connectivity index (χ4n) is 3.97. The average Bonchev–Trinajstić information content (AvgIpc) is 3.22. The SMILES string of the molecule is Cc1nc(C#N)cc(-c2ccnc3cc(CN4C(=O)C(C)C(C)(C)C4=O)sc23)c1C(=O)O. The number of fused-ring (bicyclic) bond motifs is 1. The predicted octanol–water partition coefficient (Wildman–Crippen LogP) is 3.77. The first kappa shape index (κ1) is 21.6. The van der Waals surface area contributed by atoms with Crippen molar-refractivity contribution >= 4 is 39.3 Å². The second-order valence-electron chi connectivity index (χ2n) is 8.39. The van der Waals surface area contributed by atoms with Gasteiger partial charge < -0.3 is 5.11 Å². The van der Waals surface area contributed by atoms with Crippen molar-refractivity contribution in [3.8, 4) is 17.2 Å². The average molecular weight is 449 g/mol. The number of rotatable bonds is 4. The molecule has 8 nitrogen and oxygen atoms in total. The van der Waals surface area contributed by atoms with Crippen molar-refractivity contribution in [2.75, 3.05) is 0 Å². The first-order valence-corrected chi connectivity index (χ1v) is 10.8. The van der Waals surface area contributed by atoms with E-state index in [9.17, 15) is 24.8 Å². The summed E-state index contributed by atoms with van der Waals surface area (Å²) in [6.45, 7) is 7.00. The van der Waals surface area contributed by atoms with E-state index in [1.165, 1.54) is 22.3 Å². The van der Waals surface area contributed by atoms with Gasteiger partial charge in [-0.1, -0.05) is 20.8 Å². The molecule has 162 valence electrons. The van der Waals surface area contributed by atoms with E-state index in [0.29, 0.717) is 21.3 Å². The molecule has 2 amide bonds. The first-order chi connectivity index (χ1) is 15.1. The molecule has 1 aliphatic rings. The van der Waals surface area contributed by atoms with Crippen LogP contribution in [0.4, 0.5) is 0 Å². The lowest BCUT2D eigenvalue weighted by Gasteiger charge is -2.18. The van der Waals surface area contributed by atoms with Crippen LogP contribution in [0.2, 0.25) is 0 Å². The zero-order chi connectivity index (χ0) is 23.4. The highest BCUT2D eigenvalue weighted by atomic mass is 32.1. The summed E-state index contributed by atoms with van der Waals surface area (Å²) in [6.07, 6.45) is 1.57. The number of carbonyl (C=O) groups excluding carboxylic acids is 2. The van der Waals surface area contributed by atoms with Crippen LogP contribution >= 0.6 is 11.3 Å². The summed E-state index contributed by atoms with van der Waals surface area (Å²) in [5.41, 5.74) is 1.25. The van der Waals surface area contributed by atoms with Gasteiger partial charge in [0.05, 0.1) is 33.4 Å². The molecule has 1 atom stereocenters. The van der Waals surface area contributed by atoms with E-state index in [2.05, 4.69) is 9.97 Å². The van der Waals surface area contributed by atoms with Crippen LogP contribution in [0.15, 0.2) is 24.4 Å². The van der Waals surface area contributed by atoms with Gasteiger partial charge in [-0.15, -0.1) is 11.3 Å². The number of nitrogens with zero attached hydrogens (tertiary/aromatic N) is 4. The van der Waals surface area contributed by atoms with Crippen LogP contribution in [0.3, 0.4) is 0 Å². The van der Waals surface area contributed by atoms with Gasteiger partial charge in [-0.2, -0.15) is 5.26 Å². The van der Waals surface area contributed by atoms with Gasteiger partial charge >= 0.3 is 5.97 Å². The second kappa shape index (κ2) is 7.50. The van der Waals surface area contributed by atoms with E-state index in [1.54, 1.807) is 46.0 Å². The number of nitriles is 1. The minimum absolute atomic E-state index is 0.0203. The molecular weight excluding hydrogens is 428 g/mol. The molecule has 0 bridgehead atoms. The van der Waals surface area contributed by atoms with Crippen LogP contribution in [0, 0.1) is 29.6 Å². The van der Waals surface area contributed by atoms with Gasteiger partial charge in [-0.05, 0) is 25.1 Å². The van der Waals surface area contributed by atoms with E-state index in [-0.39, 0.29) is 35.3 Å². The third-order valence-electron chi connectivity index (χ3n) is 6.11. The summed E-state index contributed by atoms with van der Waals surface area (Å²) in [7, 11) is 0. The Kier molecular flexibility index (Phi) is 5.06. The predicted molar refractivity (Wildman–Crippen MR) is 118 cm³/mol. The van der Waals surface area contributed by atoms with Crippen LogP contribution < -0.4 is 0 Å². The number of carboxylic acid groups (broad SMARTS) is 1. The van der Waals surface area contributed by atoms with Crippen molar-refractivity contribution in [1.82, 2.24) is 14.9 Å². The fourth-order valence-corrected chi connectivity index (χ4v) is 5.10. The van der Waals surface area contributed by atoms with Crippen molar-refractivity contribution < 1.29 is 19.5 Å². The molecule has 0 spiro atoms. The molecule has 0 saturated carbocycles. The van der Waals surface area contributed by atoms with E-state index in [0.717, 1.165) is 4.88 Å². The van der Waals surface area contributed by atoms with Gasteiger partial charge in [0.25, 0.3) is 0 Å². The van der Waals surface area contributed by atoms with Gasteiger partial charge in [-0.3, -0.25) is 19.5 Å². The summed E-state index contributed by atoms with van der Waals surface area (Å²) in [5, 5.41) is 19.1. The number of likely N-dealkylation sites (tertiary alicyclic amines) is 1. The van der Waals surface area contributed by atoms with Crippen LogP contribution in [-0.2, 0) is 16.1 Å². The summed E-state index contributed by atoms with van der Waals surface area (Å²) in [4.78, 5) is 47.8. The highest BCUT2D eigenvalue weighted by Gasteiger charge is 2.51. The molecule has 1 saturated heterocycles. The number of pyridine rings is 2. The minimum Gasteiger partial charge on any atom is -0.478 e. The maximum Gasteiger partial charge on any atom is 0.338 e.